The number of benzene rings is 2. The number of imidazole rings is 1. The van der Waals surface area contributed by atoms with Gasteiger partial charge < -0.3 is 8.98 Å². The van der Waals surface area contributed by atoms with Gasteiger partial charge in [0.1, 0.15) is 5.76 Å². The minimum absolute atomic E-state index is 0.188. The van der Waals surface area contributed by atoms with Crippen LogP contribution in [0.25, 0.3) is 11.0 Å². The number of amides is 1. The molecule has 1 amide bonds. The van der Waals surface area contributed by atoms with Crippen LogP contribution < -0.4 is 5.32 Å². The molecule has 0 atom stereocenters. The molecule has 0 radical (unpaired) electrons. The molecule has 3 aromatic heterocycles. The highest BCUT2D eigenvalue weighted by Crippen LogP contribution is 2.28. The molecule has 1 N–H and O–H groups in total. The predicted octanol–water partition coefficient (Wildman–Crippen LogP) is 5.81. The molecular weight excluding hydrogens is 432 g/mol. The van der Waals surface area contributed by atoms with Crippen LogP contribution in [0.5, 0.6) is 0 Å². The normalized spacial score (nSPS) is 11.0. The molecule has 0 saturated carbocycles. The molecule has 0 fully saturated rings. The van der Waals surface area contributed by atoms with E-state index in [0.717, 1.165) is 33.8 Å². The average molecular weight is 455 g/mol. The molecule has 164 valence electrons. The zero-order valence-electron chi connectivity index (χ0n) is 17.8. The maximum Gasteiger partial charge on any atom is 0.259 e. The first-order valence-electron chi connectivity index (χ1n) is 10.7. The minimum Gasteiger partial charge on any atom is -0.468 e. The average Bonchev–Trinajstić information content (AvgIpc) is 3.50. The number of thioether (sulfide) groups is 1. The van der Waals surface area contributed by atoms with Gasteiger partial charge in [-0.1, -0.05) is 30.3 Å². The fraction of sp³-hybridized carbons (Fsp3) is 0.115. The molecule has 7 heteroatoms. The van der Waals surface area contributed by atoms with Gasteiger partial charge in [0.25, 0.3) is 5.91 Å². The number of hydrogen-bond donors (Lipinski definition) is 1. The highest BCUT2D eigenvalue weighted by Gasteiger charge is 2.17. The van der Waals surface area contributed by atoms with Crippen LogP contribution in [0.4, 0.5) is 5.95 Å². The summed E-state index contributed by atoms with van der Waals surface area (Å²) in [7, 11) is 0. The number of nitrogens with one attached hydrogen (secondary N) is 1. The fourth-order valence-electron chi connectivity index (χ4n) is 3.66. The number of aromatic nitrogens is 3. The summed E-state index contributed by atoms with van der Waals surface area (Å²) >= 11 is 1.57. The van der Waals surface area contributed by atoms with Crippen molar-refractivity contribution in [3.05, 3.63) is 108 Å². The van der Waals surface area contributed by atoms with Crippen molar-refractivity contribution >= 4 is 34.7 Å². The molecule has 6 nitrogen and oxygen atoms in total. The number of carbonyl (C=O) groups excluding carboxylic acids is 1. The zero-order chi connectivity index (χ0) is 22.5. The van der Waals surface area contributed by atoms with E-state index in [1.165, 1.54) is 0 Å². The third kappa shape index (κ3) is 4.83. The standard InChI is InChI=1S/C26H22N4O2S/c31-25(21-10-1-4-13-24(21)33-18-20-9-7-17-32-20)29-26-28-22-11-2-3-12-23(22)30(26)16-14-19-8-5-6-15-27-19/h1-13,15,17H,14,16,18H2,(H,28,29,31). The van der Waals surface area contributed by atoms with Crippen LogP contribution in [-0.4, -0.2) is 20.4 Å². The summed E-state index contributed by atoms with van der Waals surface area (Å²) in [6, 6.07) is 25.2. The van der Waals surface area contributed by atoms with Crippen LogP contribution in [0.1, 0.15) is 21.8 Å². The molecule has 0 aliphatic rings. The highest BCUT2D eigenvalue weighted by atomic mass is 32.2. The summed E-state index contributed by atoms with van der Waals surface area (Å²) in [5.74, 6) is 1.86. The first kappa shape index (κ1) is 21.0. The number of fused-ring (bicyclic) bond motifs is 1. The molecular formula is C26H22N4O2S. The van der Waals surface area contributed by atoms with Crippen LogP contribution >= 0.6 is 11.8 Å². The Labute approximate surface area is 195 Å². The van der Waals surface area contributed by atoms with E-state index in [1.807, 2.05) is 83.4 Å². The van der Waals surface area contributed by atoms with Crippen LogP contribution in [-0.2, 0) is 18.7 Å². The number of pyridine rings is 1. The highest BCUT2D eigenvalue weighted by molar-refractivity contribution is 7.98. The third-order valence-corrected chi connectivity index (χ3v) is 6.38. The second-order valence-corrected chi connectivity index (χ2v) is 8.48. The number of aryl methyl sites for hydroxylation is 2. The Hall–Kier alpha value is -3.84. The van der Waals surface area contributed by atoms with Gasteiger partial charge >= 0.3 is 0 Å². The van der Waals surface area contributed by atoms with Gasteiger partial charge in [-0.05, 0) is 48.5 Å². The van der Waals surface area contributed by atoms with Gasteiger partial charge in [0.2, 0.25) is 5.95 Å². The lowest BCUT2D eigenvalue weighted by molar-refractivity contribution is 0.102. The molecule has 0 aliphatic carbocycles. The zero-order valence-corrected chi connectivity index (χ0v) is 18.7. The van der Waals surface area contributed by atoms with Gasteiger partial charge in [0.15, 0.2) is 0 Å². The monoisotopic (exact) mass is 454 g/mol. The Kier molecular flexibility index (Phi) is 6.21. The van der Waals surface area contributed by atoms with Crippen molar-refractivity contribution in [2.45, 2.75) is 23.6 Å². The molecule has 0 aliphatic heterocycles. The summed E-state index contributed by atoms with van der Waals surface area (Å²) in [6.45, 7) is 0.655. The third-order valence-electron chi connectivity index (χ3n) is 5.28. The van der Waals surface area contributed by atoms with E-state index >= 15 is 0 Å². The Morgan fingerprint density at radius 3 is 2.67 bits per heavy atom. The van der Waals surface area contributed by atoms with E-state index in [9.17, 15) is 4.79 Å². The molecule has 2 aromatic carbocycles. The second-order valence-electron chi connectivity index (χ2n) is 7.47. The van der Waals surface area contributed by atoms with Gasteiger partial charge in [0, 0.05) is 29.8 Å². The van der Waals surface area contributed by atoms with Crippen molar-refractivity contribution in [2.24, 2.45) is 0 Å². The molecule has 5 aromatic rings. The Morgan fingerprint density at radius 1 is 0.970 bits per heavy atom. The van der Waals surface area contributed by atoms with Crippen molar-refractivity contribution < 1.29 is 9.21 Å². The SMILES string of the molecule is O=C(Nc1nc2ccccc2n1CCc1ccccn1)c1ccccc1SCc1ccco1. The summed E-state index contributed by atoms with van der Waals surface area (Å²) < 4.78 is 7.47. The first-order chi connectivity index (χ1) is 16.3. The summed E-state index contributed by atoms with van der Waals surface area (Å²) in [5.41, 5.74) is 3.42. The molecule has 0 unspecified atom stereocenters. The first-order valence-corrected chi connectivity index (χ1v) is 11.7. The lowest BCUT2D eigenvalue weighted by Crippen LogP contribution is -2.17. The fourth-order valence-corrected chi connectivity index (χ4v) is 4.62. The molecule has 5 rings (SSSR count). The number of furan rings is 1. The van der Waals surface area contributed by atoms with Crippen LogP contribution in [0.15, 0.2) is 101 Å². The summed E-state index contributed by atoms with van der Waals surface area (Å²) in [4.78, 5) is 23.3. The second kappa shape index (κ2) is 9.75. The van der Waals surface area contributed by atoms with E-state index in [0.29, 0.717) is 23.8 Å². The number of para-hydroxylation sites is 2. The molecule has 0 bridgehead atoms. The Balaban J connectivity index is 1.39. The Bertz CT molecular complexity index is 1360. The van der Waals surface area contributed by atoms with E-state index < -0.39 is 0 Å². The minimum atomic E-state index is -0.188. The lowest BCUT2D eigenvalue weighted by atomic mass is 10.2. The van der Waals surface area contributed by atoms with E-state index in [1.54, 1.807) is 24.2 Å². The van der Waals surface area contributed by atoms with Gasteiger partial charge in [0.05, 0.1) is 28.6 Å². The number of anilines is 1. The molecule has 0 saturated heterocycles. The molecule has 33 heavy (non-hydrogen) atoms. The predicted molar refractivity (Wildman–Crippen MR) is 130 cm³/mol. The van der Waals surface area contributed by atoms with Crippen LogP contribution in [0, 0.1) is 0 Å². The van der Waals surface area contributed by atoms with Crippen molar-refractivity contribution in [2.75, 3.05) is 5.32 Å². The quantitative estimate of drug-likeness (QED) is 0.300. The number of carbonyl (C=O) groups is 1. The summed E-state index contributed by atoms with van der Waals surface area (Å²) in [6.07, 6.45) is 4.19. The Morgan fingerprint density at radius 2 is 1.82 bits per heavy atom. The van der Waals surface area contributed by atoms with Gasteiger partial charge in [-0.2, -0.15) is 0 Å². The van der Waals surface area contributed by atoms with E-state index in [4.69, 9.17) is 9.40 Å². The maximum atomic E-state index is 13.3. The maximum absolute atomic E-state index is 13.3. The smallest absolute Gasteiger partial charge is 0.259 e. The largest absolute Gasteiger partial charge is 0.468 e. The van der Waals surface area contributed by atoms with E-state index in [2.05, 4.69) is 10.3 Å². The van der Waals surface area contributed by atoms with Crippen molar-refractivity contribution in [1.29, 1.82) is 0 Å². The van der Waals surface area contributed by atoms with Gasteiger partial charge in [-0.3, -0.25) is 15.1 Å². The van der Waals surface area contributed by atoms with Crippen LogP contribution in [0.2, 0.25) is 0 Å². The van der Waals surface area contributed by atoms with Crippen molar-refractivity contribution in [3.63, 3.8) is 0 Å². The van der Waals surface area contributed by atoms with E-state index in [-0.39, 0.29) is 5.91 Å². The van der Waals surface area contributed by atoms with Gasteiger partial charge in [-0.25, -0.2) is 4.98 Å². The topological polar surface area (TPSA) is 73.0 Å². The van der Waals surface area contributed by atoms with Crippen LogP contribution in [0.3, 0.4) is 0 Å². The van der Waals surface area contributed by atoms with Crippen molar-refractivity contribution in [3.8, 4) is 0 Å². The van der Waals surface area contributed by atoms with Crippen molar-refractivity contribution in [1.82, 2.24) is 14.5 Å². The lowest BCUT2D eigenvalue weighted by Gasteiger charge is -2.12. The summed E-state index contributed by atoms with van der Waals surface area (Å²) in [5, 5.41) is 3.04. The molecule has 0 spiro atoms. The number of rotatable bonds is 8. The molecule has 3 heterocycles. The number of hydrogen-bond acceptors (Lipinski definition) is 5. The van der Waals surface area contributed by atoms with Gasteiger partial charge in [-0.15, -0.1) is 11.8 Å². The number of nitrogens with zero attached hydrogens (tertiary/aromatic N) is 3.